The predicted octanol–water partition coefficient (Wildman–Crippen LogP) is 2.21. The molecule has 0 aliphatic carbocycles. The molecule has 1 aromatic carbocycles. The van der Waals surface area contributed by atoms with Gasteiger partial charge in [-0.2, -0.15) is 5.10 Å². The molecule has 22 heavy (non-hydrogen) atoms. The first-order valence-corrected chi connectivity index (χ1v) is 7.59. The number of benzene rings is 1. The van der Waals surface area contributed by atoms with Gasteiger partial charge in [-0.25, -0.2) is 14.0 Å². The van der Waals surface area contributed by atoms with E-state index >= 15 is 0 Å². The Morgan fingerprint density at radius 2 is 1.59 bits per heavy atom. The Bertz CT molecular complexity index is 700. The maximum atomic E-state index is 12.2. The van der Waals surface area contributed by atoms with Crippen LogP contribution in [0.5, 0.6) is 0 Å². The van der Waals surface area contributed by atoms with Gasteiger partial charge >= 0.3 is 5.69 Å². The van der Waals surface area contributed by atoms with Crippen molar-refractivity contribution < 1.29 is 4.79 Å². The van der Waals surface area contributed by atoms with Gasteiger partial charge in [-0.3, -0.25) is 4.79 Å². The summed E-state index contributed by atoms with van der Waals surface area (Å²) in [7, 11) is 3.31. The fraction of sp³-hybridized carbons (Fsp3) is 0.438. The second-order valence-corrected chi connectivity index (χ2v) is 4.34. The summed E-state index contributed by atoms with van der Waals surface area (Å²) in [6.07, 6.45) is 0. The molecule has 0 bridgehead atoms. The molecular weight excluding hydrogens is 280 g/mol. The lowest BCUT2D eigenvalue weighted by atomic mass is 10.1. The Kier molecular flexibility index (Phi) is 6.10. The van der Waals surface area contributed by atoms with Gasteiger partial charge < -0.3 is 4.90 Å². The van der Waals surface area contributed by atoms with Crippen molar-refractivity contribution >= 4 is 5.91 Å². The molecule has 1 aliphatic heterocycles. The molecule has 2 aromatic rings. The minimum Gasteiger partial charge on any atom is -0.334 e. The van der Waals surface area contributed by atoms with Gasteiger partial charge in [0.25, 0.3) is 5.91 Å². The van der Waals surface area contributed by atoms with E-state index in [0.29, 0.717) is 23.6 Å². The molecule has 120 valence electrons. The van der Waals surface area contributed by atoms with Crippen LogP contribution in [0.25, 0.3) is 5.69 Å². The molecule has 6 nitrogen and oxygen atoms in total. The monoisotopic (exact) mass is 304 g/mol. The molecule has 1 aliphatic rings. The first-order chi connectivity index (χ1) is 10.6. The minimum atomic E-state index is -0.236. The van der Waals surface area contributed by atoms with Crippen molar-refractivity contribution in [2.24, 2.45) is 7.05 Å². The van der Waals surface area contributed by atoms with Crippen LogP contribution >= 0.6 is 0 Å². The Hall–Kier alpha value is -2.37. The van der Waals surface area contributed by atoms with Crippen LogP contribution in [0, 0.1) is 0 Å². The number of carbonyl (C=O) groups excluding carboxylic acids is 1. The number of carbonyl (C=O) groups is 1. The summed E-state index contributed by atoms with van der Waals surface area (Å²) >= 11 is 0. The highest BCUT2D eigenvalue weighted by Gasteiger charge is 2.26. The summed E-state index contributed by atoms with van der Waals surface area (Å²) in [5, 5.41) is 4.17. The van der Waals surface area contributed by atoms with Gasteiger partial charge in [-0.1, -0.05) is 39.8 Å². The van der Waals surface area contributed by atoms with Crippen LogP contribution < -0.4 is 5.69 Å². The molecule has 0 radical (unpaired) electrons. The number of amides is 1. The third-order valence-corrected chi connectivity index (χ3v) is 3.09. The van der Waals surface area contributed by atoms with Crippen molar-refractivity contribution in [2.75, 3.05) is 7.05 Å². The molecule has 2 heterocycles. The van der Waals surface area contributed by atoms with E-state index < -0.39 is 0 Å². The fourth-order valence-electron chi connectivity index (χ4n) is 2.20. The normalized spacial score (nSPS) is 12.1. The zero-order valence-electron chi connectivity index (χ0n) is 14.1. The summed E-state index contributed by atoms with van der Waals surface area (Å²) in [5.41, 5.74) is 0.884. The van der Waals surface area contributed by atoms with Crippen molar-refractivity contribution in [3.8, 4) is 5.69 Å². The van der Waals surface area contributed by atoms with Crippen molar-refractivity contribution in [1.29, 1.82) is 0 Å². The van der Waals surface area contributed by atoms with Gasteiger partial charge in [0.15, 0.2) is 5.82 Å². The molecule has 3 rings (SSSR count). The number of para-hydroxylation sites is 1. The highest BCUT2D eigenvalue weighted by molar-refractivity contribution is 5.98. The molecule has 0 saturated heterocycles. The molecule has 1 aromatic heterocycles. The van der Waals surface area contributed by atoms with Gasteiger partial charge in [0.1, 0.15) is 0 Å². The van der Waals surface area contributed by atoms with Crippen LogP contribution in [0.4, 0.5) is 0 Å². The zero-order valence-corrected chi connectivity index (χ0v) is 14.1. The lowest BCUT2D eigenvalue weighted by molar-refractivity contribution is 0.0786. The third kappa shape index (κ3) is 2.95. The van der Waals surface area contributed by atoms with E-state index in [-0.39, 0.29) is 11.6 Å². The van der Waals surface area contributed by atoms with E-state index in [2.05, 4.69) is 5.10 Å². The molecular formula is C16H24N4O2. The molecule has 0 saturated carbocycles. The van der Waals surface area contributed by atoms with Crippen LogP contribution in [0.15, 0.2) is 29.1 Å². The van der Waals surface area contributed by atoms with E-state index in [1.54, 1.807) is 43.3 Å². The Morgan fingerprint density at radius 1 is 1.00 bits per heavy atom. The number of aryl methyl sites for hydroxylation is 1. The van der Waals surface area contributed by atoms with E-state index in [1.165, 1.54) is 9.25 Å². The number of hydrogen-bond acceptors (Lipinski definition) is 3. The minimum absolute atomic E-state index is 0.0989. The van der Waals surface area contributed by atoms with Crippen LogP contribution in [0.3, 0.4) is 0 Å². The predicted molar refractivity (Wildman–Crippen MR) is 87.3 cm³/mol. The van der Waals surface area contributed by atoms with E-state index in [4.69, 9.17) is 0 Å². The van der Waals surface area contributed by atoms with Gasteiger partial charge in [0, 0.05) is 14.1 Å². The Morgan fingerprint density at radius 3 is 2.23 bits per heavy atom. The van der Waals surface area contributed by atoms with E-state index in [9.17, 15) is 9.59 Å². The van der Waals surface area contributed by atoms with Gasteiger partial charge in [-0.15, -0.1) is 0 Å². The number of rotatable bonds is 0. The highest BCUT2D eigenvalue weighted by atomic mass is 16.2. The van der Waals surface area contributed by atoms with Crippen LogP contribution in [-0.4, -0.2) is 32.2 Å². The molecule has 1 amide bonds. The first kappa shape index (κ1) is 17.7. The highest BCUT2D eigenvalue weighted by Crippen LogP contribution is 2.20. The van der Waals surface area contributed by atoms with Crippen LogP contribution in [0.1, 0.15) is 43.9 Å². The molecule has 0 atom stereocenters. The summed E-state index contributed by atoms with van der Waals surface area (Å²) in [5.74, 6) is 0.474. The number of fused-ring (bicyclic) bond motifs is 3. The summed E-state index contributed by atoms with van der Waals surface area (Å²) in [4.78, 5) is 25.8. The lowest BCUT2D eigenvalue weighted by Crippen LogP contribution is -2.25. The molecule has 0 spiro atoms. The number of aromatic nitrogens is 3. The summed E-state index contributed by atoms with van der Waals surface area (Å²) in [6.45, 7) is 8.32. The van der Waals surface area contributed by atoms with Crippen molar-refractivity contribution in [3.63, 3.8) is 0 Å². The molecule has 0 N–H and O–H groups in total. The van der Waals surface area contributed by atoms with Crippen molar-refractivity contribution in [2.45, 2.75) is 34.2 Å². The SMILES string of the molecule is CC.CC.CN1Cc2nn(C)c(=O)n2-c2ccccc2C1=O. The topological polar surface area (TPSA) is 60.1 Å². The molecule has 6 heteroatoms. The standard InChI is InChI=1S/C12H12N4O2.2C2H6/c1-14-7-10-13-15(2)12(18)16(10)9-6-4-3-5-8(9)11(14)17;2*1-2/h3-6H,7H2,1-2H3;2*1-2H3. The zero-order chi connectivity index (χ0) is 16.9. The Labute approximate surface area is 131 Å². The summed E-state index contributed by atoms with van der Waals surface area (Å²) < 4.78 is 2.78. The fourth-order valence-corrected chi connectivity index (χ4v) is 2.20. The van der Waals surface area contributed by atoms with Gasteiger partial charge in [0.05, 0.1) is 17.8 Å². The number of hydrogen-bond donors (Lipinski definition) is 0. The molecule has 0 unspecified atom stereocenters. The average Bonchev–Trinajstić information content (AvgIpc) is 2.78. The summed E-state index contributed by atoms with van der Waals surface area (Å²) in [6, 6.07) is 7.08. The van der Waals surface area contributed by atoms with Crippen LogP contribution in [0.2, 0.25) is 0 Å². The maximum absolute atomic E-state index is 12.2. The third-order valence-electron chi connectivity index (χ3n) is 3.09. The lowest BCUT2D eigenvalue weighted by Gasteiger charge is -2.12. The van der Waals surface area contributed by atoms with E-state index in [0.717, 1.165) is 0 Å². The second-order valence-electron chi connectivity index (χ2n) is 4.34. The first-order valence-electron chi connectivity index (χ1n) is 7.59. The average molecular weight is 304 g/mol. The Balaban J connectivity index is 0.000000561. The van der Waals surface area contributed by atoms with Crippen molar-refractivity contribution in [1.82, 2.24) is 19.2 Å². The second kappa shape index (κ2) is 7.59. The van der Waals surface area contributed by atoms with E-state index in [1.807, 2.05) is 27.7 Å². The smallest absolute Gasteiger partial charge is 0.334 e. The van der Waals surface area contributed by atoms with Gasteiger partial charge in [0.2, 0.25) is 0 Å². The van der Waals surface area contributed by atoms with Gasteiger partial charge in [-0.05, 0) is 12.1 Å². The number of nitrogens with zero attached hydrogens (tertiary/aromatic N) is 4. The quantitative estimate of drug-likeness (QED) is 0.749. The molecule has 0 fully saturated rings. The van der Waals surface area contributed by atoms with Crippen LogP contribution in [-0.2, 0) is 13.6 Å². The van der Waals surface area contributed by atoms with Crippen molar-refractivity contribution in [3.05, 3.63) is 46.1 Å². The maximum Gasteiger partial charge on any atom is 0.350 e. The largest absolute Gasteiger partial charge is 0.350 e.